The standard InChI is InChI=1S/C95H68N4O2Si/c1-60-51-52-70-66(53-60)58-98(82-50-25-24-44-73(70)82)83-56-78-74-46-28-49-77(90(62-31-12-5-13-32-62)96-67-37-16-7-17-38-67)93(74)101-94(78)89-80(83)57-85(99(69-41-20-9-21-42-69)84-54-64-35-22-23-43-72(64)86-71(45-27-47-75(84)86)61-29-10-4-11-30-61)79-55-81(91(63-33-14-6-15-34-63)97-68-39-18-8-19-40-68)95-88(87(79)89)76-48-26-36-65(59-102(2)3)92(76)100-95/h4-58,82,102H,59H2,1-3H3/b96-90-,97-91+. The Hall–Kier alpha value is -12.7. The molecule has 0 N–H and O–H groups in total. The van der Waals surface area contributed by atoms with Crippen molar-refractivity contribution in [3.8, 4) is 11.1 Å². The maximum Gasteiger partial charge on any atom is 0.145 e. The van der Waals surface area contributed by atoms with Gasteiger partial charge in [-0.2, -0.15) is 0 Å². The average Bonchev–Trinajstić information content (AvgIpc) is 1.40. The molecular formula is C95H68N4O2Si. The molecule has 1 aliphatic heterocycles. The minimum absolute atomic E-state index is 0.171. The Bertz CT molecular complexity index is 6500. The monoisotopic (exact) mass is 1320 g/mol. The molecule has 0 spiro atoms. The number of para-hydroxylation sites is 5. The zero-order valence-electron chi connectivity index (χ0n) is 56.7. The minimum atomic E-state index is -1.23. The maximum atomic E-state index is 8.03. The summed E-state index contributed by atoms with van der Waals surface area (Å²) in [6, 6.07) is 110. The van der Waals surface area contributed by atoms with Crippen LogP contribution in [0.1, 0.15) is 33.4 Å². The van der Waals surface area contributed by atoms with Crippen LogP contribution in [0.4, 0.5) is 34.1 Å². The molecule has 1 atom stereocenters. The molecule has 7 heteroatoms. The van der Waals surface area contributed by atoms with Crippen molar-refractivity contribution in [3.63, 3.8) is 0 Å². The number of aliphatic imine (C=N–C) groups is 2. The highest BCUT2D eigenvalue weighted by Crippen LogP contribution is 2.55. The third-order valence-electron chi connectivity index (χ3n) is 20.5. The average molecular weight is 1330 g/mol. The Morgan fingerprint density at radius 1 is 0.441 bits per heavy atom. The predicted octanol–water partition coefficient (Wildman–Crippen LogP) is 23.4. The zero-order valence-corrected chi connectivity index (χ0v) is 57.9. The Morgan fingerprint density at radius 2 is 1.04 bits per heavy atom. The number of fused-ring (bicyclic) bond motifs is 16. The van der Waals surface area contributed by atoms with Crippen LogP contribution in [0.15, 0.2) is 346 Å². The SMILES string of the molecule is Cc1ccc2c(c1)=CN(c1cc3c4cccc(/C(=N\c5ccccc5)c5ccccc5)c4oc3c3c1cc(N(c1ccccc1)c1cc4ccccc4c4c(-c5ccccc5)cccc14)c1cc(/C(=N/c4ccccc4)c4ccccc4)c4oc5c(C[SiH](C)C)cccc5c4c13)C1C=CC=CC=21. The molecule has 1 aliphatic carbocycles. The molecule has 0 bridgehead atoms. The van der Waals surface area contributed by atoms with Crippen molar-refractivity contribution in [2.24, 2.45) is 9.98 Å². The quantitative estimate of drug-likeness (QED) is 0.0656. The zero-order chi connectivity index (χ0) is 67.9. The van der Waals surface area contributed by atoms with Crippen LogP contribution in [0.5, 0.6) is 0 Å². The summed E-state index contributed by atoms with van der Waals surface area (Å²) >= 11 is 0. The van der Waals surface area contributed by atoms with Gasteiger partial charge < -0.3 is 18.6 Å². The summed E-state index contributed by atoms with van der Waals surface area (Å²) < 4.78 is 15.9. The van der Waals surface area contributed by atoms with Gasteiger partial charge in [0.1, 0.15) is 22.3 Å². The van der Waals surface area contributed by atoms with E-state index in [0.29, 0.717) is 0 Å². The number of hydrogen-bond donors (Lipinski definition) is 0. The topological polar surface area (TPSA) is 57.5 Å². The number of aryl methyl sites for hydroxylation is 1. The number of furan rings is 2. The molecule has 2 aromatic heterocycles. The molecule has 17 aromatic rings. The number of anilines is 4. The smallest absolute Gasteiger partial charge is 0.145 e. The second kappa shape index (κ2) is 24.9. The lowest BCUT2D eigenvalue weighted by molar-refractivity contribution is 0.664. The second-order valence-electron chi connectivity index (χ2n) is 27.4. The highest BCUT2D eigenvalue weighted by Gasteiger charge is 2.33. The predicted molar refractivity (Wildman–Crippen MR) is 433 cm³/mol. The first-order valence-corrected chi connectivity index (χ1v) is 38.4. The number of rotatable bonds is 13. The summed E-state index contributed by atoms with van der Waals surface area (Å²) in [5, 5.41) is 14.9. The summed E-state index contributed by atoms with van der Waals surface area (Å²) in [7, 11) is -1.23. The molecule has 484 valence electrons. The van der Waals surface area contributed by atoms with E-state index in [-0.39, 0.29) is 6.04 Å². The van der Waals surface area contributed by atoms with Crippen LogP contribution in [0.25, 0.3) is 110 Å². The van der Waals surface area contributed by atoms with Crippen molar-refractivity contribution < 1.29 is 8.83 Å². The van der Waals surface area contributed by atoms with Gasteiger partial charge in [0.25, 0.3) is 0 Å². The van der Waals surface area contributed by atoms with E-state index in [0.717, 1.165) is 166 Å². The normalized spacial score (nSPS) is 13.9. The lowest BCUT2D eigenvalue weighted by Crippen LogP contribution is -2.44. The minimum Gasteiger partial charge on any atom is -0.455 e. The summed E-state index contributed by atoms with van der Waals surface area (Å²) in [6.45, 7) is 7.05. The van der Waals surface area contributed by atoms with Crippen LogP contribution >= 0.6 is 0 Å². The van der Waals surface area contributed by atoms with E-state index >= 15 is 0 Å². The fraction of sp³-hybridized carbons (Fsp3) is 0.0526. The summed E-state index contributed by atoms with van der Waals surface area (Å²) in [5.74, 6) is 0. The van der Waals surface area contributed by atoms with Gasteiger partial charge in [-0.25, -0.2) is 9.98 Å². The van der Waals surface area contributed by atoms with Gasteiger partial charge in [-0.05, 0) is 135 Å². The highest BCUT2D eigenvalue weighted by molar-refractivity contribution is 6.55. The Morgan fingerprint density at radius 3 is 1.76 bits per heavy atom. The first-order chi connectivity index (χ1) is 50.3. The number of nitrogens with zero attached hydrogens (tertiary/aromatic N) is 4. The van der Waals surface area contributed by atoms with Crippen LogP contribution in [-0.2, 0) is 6.04 Å². The molecule has 3 heterocycles. The van der Waals surface area contributed by atoms with E-state index in [9.17, 15) is 0 Å². The first-order valence-electron chi connectivity index (χ1n) is 35.3. The van der Waals surface area contributed by atoms with Crippen molar-refractivity contribution in [1.82, 2.24) is 0 Å². The molecule has 102 heavy (non-hydrogen) atoms. The van der Waals surface area contributed by atoms with E-state index in [1.807, 2.05) is 18.2 Å². The summed E-state index contributed by atoms with van der Waals surface area (Å²) in [6.07, 6.45) is 11.5. The highest BCUT2D eigenvalue weighted by atomic mass is 28.3. The molecular weight excluding hydrogens is 1260 g/mol. The van der Waals surface area contributed by atoms with Crippen molar-refractivity contribution in [2.45, 2.75) is 32.1 Å². The van der Waals surface area contributed by atoms with Gasteiger partial charge in [0.05, 0.1) is 45.9 Å². The van der Waals surface area contributed by atoms with Crippen molar-refractivity contribution in [3.05, 3.63) is 371 Å². The van der Waals surface area contributed by atoms with Crippen LogP contribution in [-0.4, -0.2) is 26.3 Å². The molecule has 19 rings (SSSR count). The maximum absolute atomic E-state index is 8.03. The summed E-state index contributed by atoms with van der Waals surface area (Å²) in [4.78, 5) is 16.4. The lowest BCUT2D eigenvalue weighted by Gasteiger charge is -2.35. The van der Waals surface area contributed by atoms with Crippen LogP contribution in [0, 0.1) is 6.92 Å². The molecule has 0 saturated carbocycles. The fourth-order valence-corrected chi connectivity index (χ4v) is 17.3. The first kappa shape index (κ1) is 60.5. The van der Waals surface area contributed by atoms with E-state index in [1.165, 1.54) is 32.7 Å². The van der Waals surface area contributed by atoms with Crippen molar-refractivity contribution in [1.29, 1.82) is 0 Å². The van der Waals surface area contributed by atoms with Gasteiger partial charge in [0.15, 0.2) is 0 Å². The van der Waals surface area contributed by atoms with Gasteiger partial charge in [-0.3, -0.25) is 0 Å². The Kier molecular flexibility index (Phi) is 14.8. The van der Waals surface area contributed by atoms with E-state index < -0.39 is 8.80 Å². The molecule has 0 saturated heterocycles. The van der Waals surface area contributed by atoms with E-state index in [4.69, 9.17) is 18.8 Å². The molecule has 6 nitrogen and oxygen atoms in total. The fourth-order valence-electron chi connectivity index (χ4n) is 16.1. The van der Waals surface area contributed by atoms with Gasteiger partial charge in [0, 0.05) is 91.4 Å². The number of allylic oxidation sites excluding steroid dienone is 2. The van der Waals surface area contributed by atoms with E-state index in [1.54, 1.807) is 0 Å². The van der Waals surface area contributed by atoms with Gasteiger partial charge in [-0.1, -0.05) is 273 Å². The molecule has 0 radical (unpaired) electrons. The van der Waals surface area contributed by atoms with Crippen molar-refractivity contribution >= 4 is 153 Å². The van der Waals surface area contributed by atoms with Crippen molar-refractivity contribution in [2.75, 3.05) is 9.80 Å². The Labute approximate surface area is 592 Å². The molecule has 1 unspecified atom stereocenters. The lowest BCUT2D eigenvalue weighted by atomic mass is 9.88. The third kappa shape index (κ3) is 10.2. The van der Waals surface area contributed by atoms with Gasteiger partial charge >= 0.3 is 0 Å². The van der Waals surface area contributed by atoms with Gasteiger partial charge in [0.2, 0.25) is 0 Å². The molecule has 0 amide bonds. The molecule has 15 aromatic carbocycles. The van der Waals surface area contributed by atoms with Crippen LogP contribution in [0.2, 0.25) is 13.1 Å². The van der Waals surface area contributed by atoms with Gasteiger partial charge in [-0.15, -0.1) is 0 Å². The number of hydrogen-bond acceptors (Lipinski definition) is 6. The van der Waals surface area contributed by atoms with Crippen LogP contribution in [0.3, 0.4) is 0 Å². The summed E-state index contributed by atoms with van der Waals surface area (Å²) in [5.41, 5.74) is 20.1. The second-order valence-corrected chi connectivity index (χ2v) is 30.6. The molecule has 0 fully saturated rings. The third-order valence-corrected chi connectivity index (χ3v) is 21.8. The largest absolute Gasteiger partial charge is 0.455 e. The van der Waals surface area contributed by atoms with E-state index in [2.05, 4.69) is 345 Å². The molecule has 2 aliphatic rings. The van der Waals surface area contributed by atoms with Crippen LogP contribution < -0.4 is 20.2 Å². The Balaban J connectivity index is 1.06. The number of benzene rings is 15.